The van der Waals surface area contributed by atoms with Crippen molar-refractivity contribution in [2.45, 2.75) is 6.92 Å². The SMILES string of the molecule is COC(=O)c1ccc(-c2ccc(/C=C3/C(=O)NC(=O)N(c4ccc(C)cc4)C3=O)o2)cc1. The fourth-order valence-electron chi connectivity index (χ4n) is 3.20. The van der Waals surface area contributed by atoms with Crippen molar-refractivity contribution < 1.29 is 28.3 Å². The van der Waals surface area contributed by atoms with Gasteiger partial charge in [-0.2, -0.15) is 0 Å². The van der Waals surface area contributed by atoms with E-state index in [1.54, 1.807) is 60.7 Å². The Kier molecular flexibility index (Phi) is 5.43. The second-order valence-corrected chi connectivity index (χ2v) is 7.06. The Morgan fingerprint density at radius 2 is 1.66 bits per heavy atom. The van der Waals surface area contributed by atoms with Crippen LogP contribution in [0.1, 0.15) is 21.7 Å². The lowest BCUT2D eigenvalue weighted by Crippen LogP contribution is -2.54. The molecule has 0 atom stereocenters. The van der Waals surface area contributed by atoms with Crippen molar-refractivity contribution in [3.8, 4) is 11.3 Å². The number of imide groups is 2. The minimum atomic E-state index is -0.813. The van der Waals surface area contributed by atoms with Crippen LogP contribution in [-0.2, 0) is 14.3 Å². The third kappa shape index (κ3) is 3.93. The van der Waals surface area contributed by atoms with Gasteiger partial charge in [-0.05, 0) is 49.4 Å². The Balaban J connectivity index is 1.61. The molecule has 0 saturated carbocycles. The van der Waals surface area contributed by atoms with Crippen molar-refractivity contribution in [1.29, 1.82) is 0 Å². The first-order chi connectivity index (χ1) is 15.4. The second kappa shape index (κ2) is 8.35. The van der Waals surface area contributed by atoms with Crippen molar-refractivity contribution >= 4 is 35.6 Å². The number of hydrogen-bond donors (Lipinski definition) is 1. The smallest absolute Gasteiger partial charge is 0.337 e. The number of benzene rings is 2. The standard InChI is InChI=1S/C24H18N2O6/c1-14-3-9-17(10-4-14)26-22(28)19(21(27)25-24(26)30)13-18-11-12-20(32-18)15-5-7-16(8-6-15)23(29)31-2/h3-13H,1-2H3,(H,25,27,30)/b19-13-. The number of nitrogens with zero attached hydrogens (tertiary/aromatic N) is 1. The van der Waals surface area contributed by atoms with E-state index in [9.17, 15) is 19.2 Å². The first-order valence-corrected chi connectivity index (χ1v) is 9.64. The molecule has 3 aromatic rings. The number of nitrogens with one attached hydrogen (secondary N) is 1. The van der Waals surface area contributed by atoms with Crippen LogP contribution in [0.15, 0.2) is 70.7 Å². The van der Waals surface area contributed by atoms with Gasteiger partial charge in [0.15, 0.2) is 0 Å². The maximum atomic E-state index is 12.9. The number of esters is 1. The molecule has 0 radical (unpaired) electrons. The Morgan fingerprint density at radius 1 is 0.969 bits per heavy atom. The van der Waals surface area contributed by atoms with Crippen LogP contribution >= 0.6 is 0 Å². The third-order valence-electron chi connectivity index (χ3n) is 4.90. The van der Waals surface area contributed by atoms with Crippen LogP contribution in [0, 0.1) is 6.92 Å². The zero-order chi connectivity index (χ0) is 22.8. The van der Waals surface area contributed by atoms with E-state index in [-0.39, 0.29) is 11.3 Å². The molecule has 1 aliphatic rings. The van der Waals surface area contributed by atoms with Gasteiger partial charge < -0.3 is 9.15 Å². The van der Waals surface area contributed by atoms with Crippen molar-refractivity contribution in [2.24, 2.45) is 0 Å². The lowest BCUT2D eigenvalue weighted by molar-refractivity contribution is -0.122. The summed E-state index contributed by atoms with van der Waals surface area (Å²) < 4.78 is 10.4. The molecule has 0 spiro atoms. The van der Waals surface area contributed by atoms with Gasteiger partial charge in [0.25, 0.3) is 11.8 Å². The van der Waals surface area contributed by atoms with Crippen LogP contribution in [0.2, 0.25) is 0 Å². The van der Waals surface area contributed by atoms with Crippen LogP contribution in [0.25, 0.3) is 17.4 Å². The fraction of sp³-hybridized carbons (Fsp3) is 0.0833. The van der Waals surface area contributed by atoms with Gasteiger partial charge in [-0.1, -0.05) is 29.8 Å². The minimum Gasteiger partial charge on any atom is -0.465 e. The maximum Gasteiger partial charge on any atom is 0.337 e. The summed E-state index contributed by atoms with van der Waals surface area (Å²) in [6.45, 7) is 1.88. The molecule has 8 heteroatoms. The molecule has 4 rings (SSSR count). The zero-order valence-electron chi connectivity index (χ0n) is 17.2. The van der Waals surface area contributed by atoms with Gasteiger partial charge in [0, 0.05) is 5.56 Å². The molecule has 0 bridgehead atoms. The molecule has 1 fully saturated rings. The number of furan rings is 1. The van der Waals surface area contributed by atoms with Crippen molar-refractivity contribution in [3.63, 3.8) is 0 Å². The summed E-state index contributed by atoms with van der Waals surface area (Å²) in [5.41, 5.74) is 2.18. The number of barbiturate groups is 1. The van der Waals surface area contributed by atoms with E-state index >= 15 is 0 Å². The summed E-state index contributed by atoms with van der Waals surface area (Å²) in [7, 11) is 1.30. The van der Waals surface area contributed by atoms with Gasteiger partial charge in [-0.3, -0.25) is 14.9 Å². The number of methoxy groups -OCH3 is 1. The van der Waals surface area contributed by atoms with Gasteiger partial charge >= 0.3 is 12.0 Å². The van der Waals surface area contributed by atoms with E-state index in [1.807, 2.05) is 6.92 Å². The van der Waals surface area contributed by atoms with Gasteiger partial charge in [-0.15, -0.1) is 0 Å². The highest BCUT2D eigenvalue weighted by Crippen LogP contribution is 2.26. The largest absolute Gasteiger partial charge is 0.465 e. The molecule has 4 amide bonds. The van der Waals surface area contributed by atoms with E-state index in [2.05, 4.69) is 10.1 Å². The number of hydrogen-bond acceptors (Lipinski definition) is 6. The molecule has 1 aliphatic heterocycles. The Bertz CT molecular complexity index is 1250. The van der Waals surface area contributed by atoms with Crippen molar-refractivity contribution in [2.75, 3.05) is 12.0 Å². The average Bonchev–Trinajstić information content (AvgIpc) is 3.26. The molecule has 160 valence electrons. The van der Waals surface area contributed by atoms with Crippen LogP contribution in [-0.4, -0.2) is 30.9 Å². The molecule has 0 unspecified atom stereocenters. The molecular formula is C24H18N2O6. The molecule has 0 aliphatic carbocycles. The minimum absolute atomic E-state index is 0.230. The monoisotopic (exact) mass is 430 g/mol. The molecule has 8 nitrogen and oxygen atoms in total. The van der Waals surface area contributed by atoms with Gasteiger partial charge in [0.05, 0.1) is 18.4 Å². The highest BCUT2D eigenvalue weighted by atomic mass is 16.5. The highest BCUT2D eigenvalue weighted by Gasteiger charge is 2.37. The Hall–Kier alpha value is -4.46. The molecule has 1 aromatic heterocycles. The summed E-state index contributed by atoms with van der Waals surface area (Å²) >= 11 is 0. The molecule has 2 aromatic carbocycles. The van der Waals surface area contributed by atoms with Crippen molar-refractivity contribution in [3.05, 3.63) is 83.1 Å². The molecular weight excluding hydrogens is 412 g/mol. The molecule has 1 N–H and O–H groups in total. The molecule has 1 saturated heterocycles. The van der Waals surface area contributed by atoms with E-state index in [4.69, 9.17) is 4.42 Å². The maximum absolute atomic E-state index is 12.9. The summed E-state index contributed by atoms with van der Waals surface area (Å²) in [4.78, 5) is 50.0. The average molecular weight is 430 g/mol. The lowest BCUT2D eigenvalue weighted by Gasteiger charge is -2.26. The molecule has 2 heterocycles. The third-order valence-corrected chi connectivity index (χ3v) is 4.90. The van der Waals surface area contributed by atoms with Gasteiger partial charge in [-0.25, -0.2) is 14.5 Å². The van der Waals surface area contributed by atoms with Gasteiger partial charge in [0.1, 0.15) is 17.1 Å². The number of amides is 4. The predicted molar refractivity (Wildman–Crippen MR) is 116 cm³/mol. The number of aryl methyl sites for hydroxylation is 1. The summed E-state index contributed by atoms with van der Waals surface area (Å²) in [5, 5.41) is 2.18. The number of ether oxygens (including phenoxy) is 1. The van der Waals surface area contributed by atoms with E-state index < -0.39 is 23.8 Å². The normalized spacial score (nSPS) is 15.1. The number of anilines is 1. The zero-order valence-corrected chi connectivity index (χ0v) is 17.2. The highest BCUT2D eigenvalue weighted by molar-refractivity contribution is 6.39. The fourth-order valence-corrected chi connectivity index (χ4v) is 3.20. The van der Waals surface area contributed by atoms with E-state index in [0.717, 1.165) is 10.5 Å². The van der Waals surface area contributed by atoms with Crippen LogP contribution in [0.3, 0.4) is 0 Å². The summed E-state index contributed by atoms with van der Waals surface area (Å²) in [5.74, 6) is -1.26. The first-order valence-electron chi connectivity index (χ1n) is 9.64. The Labute approximate surface area is 183 Å². The topological polar surface area (TPSA) is 106 Å². The summed E-state index contributed by atoms with van der Waals surface area (Å²) in [6, 6.07) is 15.8. The molecule has 32 heavy (non-hydrogen) atoms. The number of carbonyl (C=O) groups is 4. The number of urea groups is 1. The quantitative estimate of drug-likeness (QED) is 0.384. The predicted octanol–water partition coefficient (Wildman–Crippen LogP) is 3.71. The number of rotatable bonds is 4. The number of carbonyl (C=O) groups excluding carboxylic acids is 4. The Morgan fingerprint density at radius 3 is 2.31 bits per heavy atom. The summed E-state index contributed by atoms with van der Waals surface area (Å²) in [6.07, 6.45) is 1.29. The van der Waals surface area contributed by atoms with Crippen molar-refractivity contribution in [1.82, 2.24) is 5.32 Å². The van der Waals surface area contributed by atoms with E-state index in [1.165, 1.54) is 13.2 Å². The van der Waals surface area contributed by atoms with Crippen LogP contribution in [0.4, 0.5) is 10.5 Å². The first kappa shape index (κ1) is 20.8. The van der Waals surface area contributed by atoms with Crippen LogP contribution < -0.4 is 10.2 Å². The van der Waals surface area contributed by atoms with Crippen LogP contribution in [0.5, 0.6) is 0 Å². The van der Waals surface area contributed by atoms with E-state index in [0.29, 0.717) is 22.6 Å². The lowest BCUT2D eigenvalue weighted by atomic mass is 10.1. The second-order valence-electron chi connectivity index (χ2n) is 7.06. The van der Waals surface area contributed by atoms with Gasteiger partial charge in [0.2, 0.25) is 0 Å².